The fourth-order valence-electron chi connectivity index (χ4n) is 3.34. The number of aromatic nitrogens is 4. The van der Waals surface area contributed by atoms with Gasteiger partial charge in [-0.05, 0) is 18.6 Å². The molecule has 1 fully saturated rings. The van der Waals surface area contributed by atoms with Crippen molar-refractivity contribution in [3.63, 3.8) is 0 Å². The van der Waals surface area contributed by atoms with Crippen LogP contribution in [0.4, 0.5) is 20.4 Å². The average molecular weight is 446 g/mol. The van der Waals surface area contributed by atoms with E-state index >= 15 is 0 Å². The van der Waals surface area contributed by atoms with Gasteiger partial charge in [0.05, 0.1) is 49.6 Å². The average Bonchev–Trinajstić information content (AvgIpc) is 3.21. The first kappa shape index (κ1) is 21.9. The van der Waals surface area contributed by atoms with Gasteiger partial charge in [-0.15, -0.1) is 0 Å². The summed E-state index contributed by atoms with van der Waals surface area (Å²) in [7, 11) is 1.32. The maximum Gasteiger partial charge on any atom is 0.227 e. The van der Waals surface area contributed by atoms with Crippen molar-refractivity contribution in [1.29, 1.82) is 0 Å². The Hall–Kier alpha value is -3.31. The Morgan fingerprint density at radius 1 is 1.16 bits per heavy atom. The van der Waals surface area contributed by atoms with Gasteiger partial charge in [-0.3, -0.25) is 9.58 Å². The number of β-amino-alcohol motifs (C(OH)–C–C–N with tert-alkyl or cyclic N) is 1. The number of hydrogen-bond donors (Lipinski definition) is 2. The molecule has 32 heavy (non-hydrogen) atoms. The first-order valence-corrected chi connectivity index (χ1v) is 10.1. The molecule has 2 N–H and O–H groups in total. The SMILES string of the molecule is COc1cc(C)c(F)c(COc2cnc(Nc3cnn(CCN4CC(O)C4)c3)nc2)c1F. The monoisotopic (exact) mass is 446 g/mol. The molecule has 1 aliphatic heterocycles. The predicted octanol–water partition coefficient (Wildman–Crippen LogP) is 2.27. The third-order valence-electron chi connectivity index (χ3n) is 5.14. The number of aryl methyl sites for hydroxylation is 1. The molecular weight excluding hydrogens is 422 g/mol. The van der Waals surface area contributed by atoms with E-state index in [0.717, 1.165) is 12.2 Å². The molecular formula is C21H24F2N6O3. The van der Waals surface area contributed by atoms with Gasteiger partial charge in [0.1, 0.15) is 12.4 Å². The van der Waals surface area contributed by atoms with Crippen molar-refractivity contribution in [1.82, 2.24) is 24.6 Å². The van der Waals surface area contributed by atoms with E-state index in [-0.39, 0.29) is 35.3 Å². The summed E-state index contributed by atoms with van der Waals surface area (Å²) in [4.78, 5) is 10.5. The minimum atomic E-state index is -0.794. The van der Waals surface area contributed by atoms with Crippen molar-refractivity contribution in [3.05, 3.63) is 53.6 Å². The molecule has 0 spiro atoms. The highest BCUT2D eigenvalue weighted by atomic mass is 19.1. The van der Waals surface area contributed by atoms with Gasteiger partial charge >= 0.3 is 0 Å². The topological polar surface area (TPSA) is 97.6 Å². The molecule has 1 aliphatic rings. The highest BCUT2D eigenvalue weighted by Gasteiger charge is 2.23. The molecule has 0 unspecified atom stereocenters. The number of likely N-dealkylation sites (tertiary alicyclic amines) is 1. The summed E-state index contributed by atoms with van der Waals surface area (Å²) in [6.45, 7) is 4.12. The van der Waals surface area contributed by atoms with Crippen LogP contribution in [-0.2, 0) is 13.2 Å². The molecule has 3 heterocycles. The van der Waals surface area contributed by atoms with Crippen molar-refractivity contribution in [2.24, 2.45) is 0 Å². The van der Waals surface area contributed by atoms with E-state index in [4.69, 9.17) is 9.47 Å². The van der Waals surface area contributed by atoms with Crippen LogP contribution in [-0.4, -0.2) is 62.6 Å². The number of nitrogens with one attached hydrogen (secondary N) is 1. The number of aliphatic hydroxyl groups is 1. The van der Waals surface area contributed by atoms with Gasteiger partial charge < -0.3 is 19.9 Å². The molecule has 0 amide bonds. The summed E-state index contributed by atoms with van der Waals surface area (Å²) in [5, 5.41) is 16.6. The molecule has 0 atom stereocenters. The summed E-state index contributed by atoms with van der Waals surface area (Å²) in [6, 6.07) is 1.30. The van der Waals surface area contributed by atoms with Gasteiger partial charge in [-0.25, -0.2) is 18.7 Å². The van der Waals surface area contributed by atoms with Crippen molar-refractivity contribution >= 4 is 11.6 Å². The number of benzene rings is 1. The Labute approximate surface area is 183 Å². The smallest absolute Gasteiger partial charge is 0.227 e. The number of rotatable bonds is 9. The van der Waals surface area contributed by atoms with Crippen molar-refractivity contribution in [2.45, 2.75) is 26.2 Å². The zero-order valence-electron chi connectivity index (χ0n) is 17.8. The third-order valence-corrected chi connectivity index (χ3v) is 5.14. The standard InChI is InChI=1S/C21H24F2N6O3/c1-13-5-18(31-2)20(23)17(19(13)22)12-32-16-7-24-21(25-8-16)27-14-6-26-29(9-14)4-3-28-10-15(30)11-28/h5-9,15,30H,3-4,10-12H2,1-2H3,(H,24,25,27). The Kier molecular flexibility index (Phi) is 6.47. The summed E-state index contributed by atoms with van der Waals surface area (Å²) in [5.74, 6) is -0.914. The molecule has 9 nitrogen and oxygen atoms in total. The van der Waals surface area contributed by atoms with Crippen LogP contribution in [0.1, 0.15) is 11.1 Å². The first-order chi connectivity index (χ1) is 15.4. The van der Waals surface area contributed by atoms with E-state index in [1.807, 2.05) is 6.20 Å². The lowest BCUT2D eigenvalue weighted by molar-refractivity contribution is 0.0000450. The van der Waals surface area contributed by atoms with E-state index in [9.17, 15) is 13.9 Å². The largest absolute Gasteiger partial charge is 0.494 e. The van der Waals surface area contributed by atoms with E-state index in [2.05, 4.69) is 25.3 Å². The van der Waals surface area contributed by atoms with E-state index in [1.54, 1.807) is 10.9 Å². The minimum absolute atomic E-state index is 0.0405. The number of anilines is 2. The Bertz CT molecular complexity index is 1070. The Morgan fingerprint density at radius 2 is 1.91 bits per heavy atom. The second-order valence-electron chi connectivity index (χ2n) is 7.56. The molecule has 0 radical (unpaired) electrons. The van der Waals surface area contributed by atoms with Gasteiger partial charge in [0.2, 0.25) is 5.95 Å². The zero-order valence-corrected chi connectivity index (χ0v) is 17.8. The molecule has 3 aromatic rings. The van der Waals surface area contributed by atoms with Gasteiger partial charge in [0.15, 0.2) is 17.3 Å². The number of nitrogens with zero attached hydrogens (tertiary/aromatic N) is 5. The van der Waals surface area contributed by atoms with Crippen molar-refractivity contribution in [3.8, 4) is 11.5 Å². The van der Waals surface area contributed by atoms with Gasteiger partial charge in [0.25, 0.3) is 0 Å². The van der Waals surface area contributed by atoms with Crippen LogP contribution in [0.25, 0.3) is 0 Å². The van der Waals surface area contributed by atoms with Crippen LogP contribution in [0.15, 0.2) is 30.9 Å². The lowest BCUT2D eigenvalue weighted by Gasteiger charge is -2.35. The third kappa shape index (κ3) is 4.94. The minimum Gasteiger partial charge on any atom is -0.494 e. The molecule has 2 aromatic heterocycles. The Morgan fingerprint density at radius 3 is 2.59 bits per heavy atom. The number of methoxy groups -OCH3 is 1. The number of halogens is 2. The van der Waals surface area contributed by atoms with Gasteiger partial charge in [-0.1, -0.05) is 0 Å². The van der Waals surface area contributed by atoms with Crippen LogP contribution in [0.2, 0.25) is 0 Å². The first-order valence-electron chi connectivity index (χ1n) is 10.1. The highest BCUT2D eigenvalue weighted by molar-refractivity contribution is 5.50. The van der Waals surface area contributed by atoms with Crippen molar-refractivity contribution in [2.75, 3.05) is 32.1 Å². The van der Waals surface area contributed by atoms with Crippen LogP contribution >= 0.6 is 0 Å². The predicted molar refractivity (Wildman–Crippen MR) is 112 cm³/mol. The van der Waals surface area contributed by atoms with Crippen LogP contribution in [0.3, 0.4) is 0 Å². The Balaban J connectivity index is 1.32. The molecule has 11 heteroatoms. The lowest BCUT2D eigenvalue weighted by atomic mass is 10.1. The number of aliphatic hydroxyl groups excluding tert-OH is 1. The normalized spacial score (nSPS) is 14.3. The van der Waals surface area contributed by atoms with Gasteiger partial charge in [0, 0.05) is 25.8 Å². The van der Waals surface area contributed by atoms with E-state index in [1.165, 1.54) is 32.5 Å². The second-order valence-corrected chi connectivity index (χ2v) is 7.56. The molecule has 4 rings (SSSR count). The fraction of sp³-hybridized carbons (Fsp3) is 0.381. The molecule has 0 saturated carbocycles. The van der Waals surface area contributed by atoms with Crippen molar-refractivity contribution < 1.29 is 23.4 Å². The summed E-state index contributed by atoms with van der Waals surface area (Å²) in [5.41, 5.74) is 0.767. The van der Waals surface area contributed by atoms with E-state index < -0.39 is 11.6 Å². The number of hydrogen-bond acceptors (Lipinski definition) is 8. The van der Waals surface area contributed by atoms with Crippen LogP contribution in [0, 0.1) is 18.6 Å². The van der Waals surface area contributed by atoms with E-state index in [0.29, 0.717) is 25.6 Å². The fourth-order valence-corrected chi connectivity index (χ4v) is 3.34. The lowest BCUT2D eigenvalue weighted by Crippen LogP contribution is -2.51. The zero-order chi connectivity index (χ0) is 22.7. The maximum absolute atomic E-state index is 14.4. The molecule has 1 aromatic carbocycles. The molecule has 0 bridgehead atoms. The van der Waals surface area contributed by atoms with Crippen LogP contribution < -0.4 is 14.8 Å². The second kappa shape index (κ2) is 9.45. The molecule has 1 saturated heterocycles. The van der Waals surface area contributed by atoms with Crippen LogP contribution in [0.5, 0.6) is 11.5 Å². The quantitative estimate of drug-likeness (QED) is 0.517. The molecule has 170 valence electrons. The molecule has 0 aliphatic carbocycles. The maximum atomic E-state index is 14.4. The van der Waals surface area contributed by atoms with Gasteiger partial charge in [-0.2, -0.15) is 5.10 Å². The highest BCUT2D eigenvalue weighted by Crippen LogP contribution is 2.27. The summed E-state index contributed by atoms with van der Waals surface area (Å²) >= 11 is 0. The summed E-state index contributed by atoms with van der Waals surface area (Å²) < 4.78 is 40.8. The summed E-state index contributed by atoms with van der Waals surface area (Å²) in [6.07, 6.45) is 6.11. The number of ether oxygens (including phenoxy) is 2.